The highest BCUT2D eigenvalue weighted by Crippen LogP contribution is 2.38. The highest BCUT2D eigenvalue weighted by Gasteiger charge is 2.39. The maximum absolute atomic E-state index is 12.5. The Morgan fingerprint density at radius 1 is 1.27 bits per heavy atom. The van der Waals surface area contributed by atoms with Gasteiger partial charge in [0.15, 0.2) is 5.65 Å². The van der Waals surface area contributed by atoms with E-state index in [1.807, 2.05) is 43.4 Å². The molecule has 0 aliphatic carbocycles. The number of pyridine rings is 2. The number of fused-ring (bicyclic) bond motifs is 1. The van der Waals surface area contributed by atoms with E-state index < -0.39 is 0 Å². The summed E-state index contributed by atoms with van der Waals surface area (Å²) in [6.07, 6.45) is 7.77. The van der Waals surface area contributed by atoms with Crippen molar-refractivity contribution in [2.24, 2.45) is 13.0 Å². The van der Waals surface area contributed by atoms with Crippen molar-refractivity contribution in [3.05, 3.63) is 48.5 Å². The van der Waals surface area contributed by atoms with Crippen molar-refractivity contribution in [2.75, 3.05) is 18.4 Å². The summed E-state index contributed by atoms with van der Waals surface area (Å²) in [6.45, 7) is 3.44. The van der Waals surface area contributed by atoms with Gasteiger partial charge in [-0.15, -0.1) is 0 Å². The zero-order chi connectivity index (χ0) is 18.1. The molecule has 134 valence electrons. The molecule has 7 nitrogen and oxygen atoms in total. The number of carbonyl (C=O) groups is 1. The fraction of sp³-hybridized carbons (Fsp3) is 0.368. The number of hydrogen-bond donors (Lipinski definition) is 1. The van der Waals surface area contributed by atoms with Crippen LogP contribution in [0.2, 0.25) is 0 Å². The first-order chi connectivity index (χ1) is 12.7. The molecule has 2 atom stereocenters. The Hall–Kier alpha value is -2.96. The van der Waals surface area contributed by atoms with Gasteiger partial charge in [0.2, 0.25) is 5.91 Å². The van der Waals surface area contributed by atoms with E-state index in [1.165, 1.54) is 0 Å². The molecule has 1 amide bonds. The molecule has 0 spiro atoms. The molecule has 0 radical (unpaired) electrons. The summed E-state index contributed by atoms with van der Waals surface area (Å²) >= 11 is 0. The van der Waals surface area contributed by atoms with Crippen LogP contribution in [0.3, 0.4) is 0 Å². The van der Waals surface area contributed by atoms with Crippen LogP contribution in [-0.4, -0.2) is 43.6 Å². The van der Waals surface area contributed by atoms with Crippen molar-refractivity contribution in [1.29, 1.82) is 0 Å². The molecular formula is C19H22N6O. The molecule has 1 aliphatic rings. The predicted molar refractivity (Wildman–Crippen MR) is 99.5 cm³/mol. The molecule has 26 heavy (non-hydrogen) atoms. The van der Waals surface area contributed by atoms with Crippen molar-refractivity contribution in [3.63, 3.8) is 0 Å². The van der Waals surface area contributed by atoms with Gasteiger partial charge in [-0.25, -0.2) is 4.98 Å². The van der Waals surface area contributed by atoms with E-state index in [1.54, 1.807) is 17.1 Å². The third-order valence-corrected chi connectivity index (χ3v) is 5.10. The number of aromatic nitrogens is 4. The lowest BCUT2D eigenvalue weighted by Crippen LogP contribution is -2.30. The maximum Gasteiger partial charge on any atom is 0.223 e. The molecule has 4 rings (SSSR count). The zero-order valence-electron chi connectivity index (χ0n) is 15.0. The SMILES string of the molecule is CCN1C(=O)C[C@@H](CNc2ccnc3c2cnn3C)[C@@H]1c1cccnc1. The molecule has 0 aromatic carbocycles. The van der Waals surface area contributed by atoms with Crippen molar-refractivity contribution in [2.45, 2.75) is 19.4 Å². The Balaban J connectivity index is 1.59. The van der Waals surface area contributed by atoms with Crippen LogP contribution in [-0.2, 0) is 11.8 Å². The van der Waals surface area contributed by atoms with Gasteiger partial charge >= 0.3 is 0 Å². The molecule has 1 fully saturated rings. The standard InChI is InChI=1S/C19H22N6O/c1-3-25-17(26)9-14(18(25)13-5-4-7-20-10-13)11-22-16-6-8-21-19-15(16)12-23-24(19)2/h4-8,10,12,14,18H,3,9,11H2,1-2H3,(H,21,22)/t14-,18-/m0/s1. The third-order valence-electron chi connectivity index (χ3n) is 5.10. The summed E-state index contributed by atoms with van der Waals surface area (Å²) in [4.78, 5) is 23.0. The lowest BCUT2D eigenvalue weighted by Gasteiger charge is -2.27. The van der Waals surface area contributed by atoms with E-state index in [-0.39, 0.29) is 17.9 Å². The Morgan fingerprint density at radius 2 is 2.15 bits per heavy atom. The average molecular weight is 350 g/mol. The molecule has 3 aromatic rings. The summed E-state index contributed by atoms with van der Waals surface area (Å²) in [5, 5.41) is 8.79. The first-order valence-corrected chi connectivity index (χ1v) is 8.89. The van der Waals surface area contributed by atoms with Gasteiger partial charge in [-0.05, 0) is 24.6 Å². The molecule has 0 unspecified atom stereocenters. The molecule has 4 heterocycles. The number of hydrogen-bond acceptors (Lipinski definition) is 5. The number of nitrogens with zero attached hydrogens (tertiary/aromatic N) is 5. The van der Waals surface area contributed by atoms with Gasteiger partial charge in [0, 0.05) is 56.8 Å². The van der Waals surface area contributed by atoms with E-state index in [0.29, 0.717) is 19.5 Å². The first kappa shape index (κ1) is 16.5. The molecule has 3 aromatic heterocycles. The van der Waals surface area contributed by atoms with E-state index in [4.69, 9.17) is 0 Å². The number of likely N-dealkylation sites (tertiary alicyclic amines) is 1. The fourth-order valence-corrected chi connectivity index (χ4v) is 3.86. The van der Waals surface area contributed by atoms with E-state index in [9.17, 15) is 4.79 Å². The minimum atomic E-state index is 0.0555. The molecule has 1 aliphatic heterocycles. The van der Waals surface area contributed by atoms with Gasteiger partial charge in [-0.3, -0.25) is 14.5 Å². The first-order valence-electron chi connectivity index (χ1n) is 8.89. The smallest absolute Gasteiger partial charge is 0.223 e. The number of anilines is 1. The van der Waals surface area contributed by atoms with E-state index in [2.05, 4.69) is 26.4 Å². The molecule has 1 N–H and O–H groups in total. The summed E-state index contributed by atoms with van der Waals surface area (Å²) in [6, 6.07) is 5.99. The van der Waals surface area contributed by atoms with Crippen molar-refractivity contribution < 1.29 is 4.79 Å². The van der Waals surface area contributed by atoms with Gasteiger partial charge in [-0.2, -0.15) is 5.10 Å². The Kier molecular flexibility index (Phi) is 4.28. The van der Waals surface area contributed by atoms with Crippen LogP contribution in [0.15, 0.2) is 43.0 Å². The molecule has 0 bridgehead atoms. The number of nitrogens with one attached hydrogen (secondary N) is 1. The van der Waals surface area contributed by atoms with Gasteiger partial charge in [0.25, 0.3) is 0 Å². The number of carbonyl (C=O) groups excluding carboxylic acids is 1. The van der Waals surface area contributed by atoms with Crippen LogP contribution in [0.1, 0.15) is 24.9 Å². The Morgan fingerprint density at radius 3 is 2.92 bits per heavy atom. The second-order valence-corrected chi connectivity index (χ2v) is 6.62. The van der Waals surface area contributed by atoms with Crippen LogP contribution in [0.25, 0.3) is 11.0 Å². The van der Waals surface area contributed by atoms with Gasteiger partial charge in [-0.1, -0.05) is 6.07 Å². The summed E-state index contributed by atoms with van der Waals surface area (Å²) < 4.78 is 1.76. The number of rotatable bonds is 5. The van der Waals surface area contributed by atoms with Crippen molar-refractivity contribution in [1.82, 2.24) is 24.6 Å². The fourth-order valence-electron chi connectivity index (χ4n) is 3.86. The second kappa shape index (κ2) is 6.74. The summed E-state index contributed by atoms with van der Waals surface area (Å²) in [5.74, 6) is 0.390. The van der Waals surface area contributed by atoms with Crippen LogP contribution >= 0.6 is 0 Å². The quantitative estimate of drug-likeness (QED) is 0.765. The number of aryl methyl sites for hydroxylation is 1. The monoisotopic (exact) mass is 350 g/mol. The lowest BCUT2D eigenvalue weighted by molar-refractivity contribution is -0.128. The summed E-state index contributed by atoms with van der Waals surface area (Å²) in [7, 11) is 1.88. The average Bonchev–Trinajstić information content (AvgIpc) is 3.20. The van der Waals surface area contributed by atoms with Gasteiger partial charge in [0.1, 0.15) is 0 Å². The molecule has 0 saturated carbocycles. The summed E-state index contributed by atoms with van der Waals surface area (Å²) in [5.41, 5.74) is 2.93. The van der Waals surface area contributed by atoms with Crippen LogP contribution in [0.5, 0.6) is 0 Å². The molecule has 7 heteroatoms. The van der Waals surface area contributed by atoms with Crippen molar-refractivity contribution >= 4 is 22.6 Å². The zero-order valence-corrected chi connectivity index (χ0v) is 15.0. The van der Waals surface area contributed by atoms with Crippen LogP contribution < -0.4 is 5.32 Å². The second-order valence-electron chi connectivity index (χ2n) is 6.62. The third kappa shape index (κ3) is 2.79. The Bertz CT molecular complexity index is 922. The lowest BCUT2D eigenvalue weighted by atomic mass is 9.94. The Labute approximate surface area is 152 Å². The number of amides is 1. The van der Waals surface area contributed by atoms with Gasteiger partial charge < -0.3 is 10.2 Å². The normalized spacial score (nSPS) is 20.1. The van der Waals surface area contributed by atoms with E-state index in [0.717, 1.165) is 22.3 Å². The highest BCUT2D eigenvalue weighted by atomic mass is 16.2. The predicted octanol–water partition coefficient (Wildman–Crippen LogP) is 2.38. The largest absolute Gasteiger partial charge is 0.384 e. The minimum absolute atomic E-state index is 0.0555. The topological polar surface area (TPSA) is 75.9 Å². The van der Waals surface area contributed by atoms with E-state index >= 15 is 0 Å². The van der Waals surface area contributed by atoms with Gasteiger partial charge in [0.05, 0.1) is 17.6 Å². The van der Waals surface area contributed by atoms with Crippen LogP contribution in [0.4, 0.5) is 5.69 Å². The molecular weight excluding hydrogens is 328 g/mol. The van der Waals surface area contributed by atoms with Crippen LogP contribution in [0, 0.1) is 5.92 Å². The minimum Gasteiger partial charge on any atom is -0.384 e. The highest BCUT2D eigenvalue weighted by molar-refractivity contribution is 5.88. The molecule has 1 saturated heterocycles. The van der Waals surface area contributed by atoms with Crippen molar-refractivity contribution in [3.8, 4) is 0 Å². The maximum atomic E-state index is 12.5.